The number of rotatable bonds is 5. The highest BCUT2D eigenvalue weighted by Crippen LogP contribution is 2.33. The highest BCUT2D eigenvalue weighted by atomic mass is 16.4. The summed E-state index contributed by atoms with van der Waals surface area (Å²) in [6.45, 7) is 0. The van der Waals surface area contributed by atoms with Crippen molar-refractivity contribution in [1.82, 2.24) is 9.13 Å². The van der Waals surface area contributed by atoms with E-state index in [9.17, 15) is 0 Å². The Balaban J connectivity index is 1.62. The van der Waals surface area contributed by atoms with Crippen LogP contribution < -0.4 is 0 Å². The second-order valence-corrected chi connectivity index (χ2v) is 7.30. The molecule has 0 fully saturated rings. The number of allylic oxidation sites excluding steroid dienone is 2. The lowest BCUT2D eigenvalue weighted by atomic mass is 10.2. The summed E-state index contributed by atoms with van der Waals surface area (Å²) in [6.07, 6.45) is 3.04. The molecule has 0 spiro atoms. The van der Waals surface area contributed by atoms with Gasteiger partial charge in [0, 0.05) is 25.5 Å². The van der Waals surface area contributed by atoms with Crippen molar-refractivity contribution < 1.29 is 8.83 Å². The maximum atomic E-state index is 8.99. The van der Waals surface area contributed by atoms with Crippen molar-refractivity contribution in [2.45, 2.75) is 0 Å². The van der Waals surface area contributed by atoms with Gasteiger partial charge in [0.25, 0.3) is 0 Å². The molecule has 0 amide bonds. The first-order valence-corrected chi connectivity index (χ1v) is 10.0. The molecule has 0 aliphatic heterocycles. The van der Waals surface area contributed by atoms with E-state index in [2.05, 4.69) is 0 Å². The molecule has 0 unspecified atom stereocenters. The molecule has 0 aromatic carbocycles. The van der Waals surface area contributed by atoms with Crippen LogP contribution in [0.5, 0.6) is 0 Å². The molecule has 0 bridgehead atoms. The minimum Gasteiger partial charge on any atom is -0.451 e. The third-order valence-corrected chi connectivity index (χ3v) is 5.35. The van der Waals surface area contributed by atoms with Crippen LogP contribution in [-0.2, 0) is 14.1 Å². The van der Waals surface area contributed by atoms with Crippen LogP contribution in [0.4, 0.5) is 0 Å². The number of nitriles is 4. The molecule has 0 atom stereocenters. The zero-order valence-corrected chi connectivity index (χ0v) is 18.3. The summed E-state index contributed by atoms with van der Waals surface area (Å²) in [5.41, 5.74) is 3.01. The Bertz CT molecular complexity index is 1470. The lowest BCUT2D eigenvalue weighted by molar-refractivity contribution is 0.534. The molecule has 0 saturated carbocycles. The number of furan rings is 2. The largest absolute Gasteiger partial charge is 0.451 e. The fourth-order valence-electron chi connectivity index (χ4n) is 3.53. The van der Waals surface area contributed by atoms with Gasteiger partial charge in [0.05, 0.1) is 11.4 Å². The average molecular weight is 444 g/mol. The van der Waals surface area contributed by atoms with E-state index in [1.54, 1.807) is 0 Å². The molecular weight excluding hydrogens is 428 g/mol. The Morgan fingerprint density at radius 2 is 0.941 bits per heavy atom. The molecule has 34 heavy (non-hydrogen) atoms. The number of aromatic nitrogens is 2. The molecule has 4 rings (SSSR count). The van der Waals surface area contributed by atoms with Gasteiger partial charge in [0.2, 0.25) is 0 Å². The van der Waals surface area contributed by atoms with Crippen LogP contribution in [-0.4, -0.2) is 9.13 Å². The summed E-state index contributed by atoms with van der Waals surface area (Å²) in [5.74, 6) is 2.30. The van der Waals surface area contributed by atoms with Gasteiger partial charge in [-0.15, -0.1) is 0 Å². The van der Waals surface area contributed by atoms with E-state index in [4.69, 9.17) is 29.9 Å². The van der Waals surface area contributed by atoms with E-state index >= 15 is 0 Å². The smallest absolute Gasteiger partial charge is 0.170 e. The van der Waals surface area contributed by atoms with Crippen LogP contribution in [0, 0.1) is 45.3 Å². The van der Waals surface area contributed by atoms with Crippen molar-refractivity contribution in [3.05, 3.63) is 71.1 Å². The van der Waals surface area contributed by atoms with E-state index in [1.807, 2.05) is 96.0 Å². The van der Waals surface area contributed by atoms with Crippen LogP contribution in [0.3, 0.4) is 0 Å². The molecule has 0 saturated heterocycles. The first-order chi connectivity index (χ1) is 16.5. The fraction of sp³-hybridized carbons (Fsp3) is 0.0769. The molecule has 4 aromatic heterocycles. The van der Waals surface area contributed by atoms with Crippen molar-refractivity contribution in [3.8, 4) is 58.7 Å². The van der Waals surface area contributed by atoms with Gasteiger partial charge in [-0.25, -0.2) is 0 Å². The Morgan fingerprint density at radius 3 is 1.29 bits per heavy atom. The van der Waals surface area contributed by atoms with Gasteiger partial charge in [0.15, 0.2) is 23.0 Å². The van der Waals surface area contributed by atoms with Crippen molar-refractivity contribution in [3.63, 3.8) is 0 Å². The van der Waals surface area contributed by atoms with E-state index in [1.165, 1.54) is 12.2 Å². The average Bonchev–Trinajstić information content (AvgIpc) is 3.64. The summed E-state index contributed by atoms with van der Waals surface area (Å²) < 4.78 is 15.7. The molecule has 4 aromatic rings. The number of hydrogen-bond acceptors (Lipinski definition) is 6. The topological polar surface area (TPSA) is 131 Å². The summed E-state index contributed by atoms with van der Waals surface area (Å²) in [7, 11) is 3.65. The van der Waals surface area contributed by atoms with Crippen LogP contribution >= 0.6 is 0 Å². The highest BCUT2D eigenvalue weighted by Gasteiger charge is 2.16. The third-order valence-electron chi connectivity index (χ3n) is 5.35. The predicted molar refractivity (Wildman–Crippen MR) is 124 cm³/mol. The van der Waals surface area contributed by atoms with Gasteiger partial charge in [-0.1, -0.05) is 0 Å². The minimum atomic E-state index is 0.0202. The molecule has 0 N–H and O–H groups in total. The number of hydrogen-bond donors (Lipinski definition) is 0. The van der Waals surface area contributed by atoms with Crippen molar-refractivity contribution in [2.75, 3.05) is 0 Å². The maximum absolute atomic E-state index is 8.99. The van der Waals surface area contributed by atoms with E-state index in [-0.39, 0.29) is 11.1 Å². The Kier molecular flexibility index (Phi) is 5.74. The van der Waals surface area contributed by atoms with Gasteiger partial charge in [-0.3, -0.25) is 0 Å². The van der Waals surface area contributed by atoms with Gasteiger partial charge in [-0.05, 0) is 60.7 Å². The van der Waals surface area contributed by atoms with Crippen LogP contribution in [0.2, 0.25) is 0 Å². The zero-order chi connectivity index (χ0) is 24.2. The molecule has 0 radical (unpaired) electrons. The summed E-state index contributed by atoms with van der Waals surface area (Å²) in [4.78, 5) is 0. The number of nitrogens with zero attached hydrogens (tertiary/aromatic N) is 6. The van der Waals surface area contributed by atoms with Crippen LogP contribution in [0.1, 0.15) is 11.4 Å². The van der Waals surface area contributed by atoms with E-state index in [0.717, 1.165) is 11.4 Å². The molecule has 8 heteroatoms. The predicted octanol–water partition coefficient (Wildman–Crippen LogP) is 5.41. The first-order valence-electron chi connectivity index (χ1n) is 10.0. The second kappa shape index (κ2) is 8.97. The monoisotopic (exact) mass is 444 g/mol. The molecule has 0 aliphatic carbocycles. The molecular formula is C26H16N6O2. The van der Waals surface area contributed by atoms with Gasteiger partial charge >= 0.3 is 0 Å². The van der Waals surface area contributed by atoms with E-state index < -0.39 is 0 Å². The summed E-state index contributed by atoms with van der Waals surface area (Å²) in [5, 5.41) is 35.9. The Morgan fingerprint density at radius 1 is 0.588 bits per heavy atom. The molecule has 162 valence electrons. The molecule has 8 nitrogen and oxygen atoms in total. The minimum absolute atomic E-state index is 0.0202. The van der Waals surface area contributed by atoms with Gasteiger partial charge in [-0.2, -0.15) is 21.0 Å². The highest BCUT2D eigenvalue weighted by molar-refractivity contribution is 5.68. The summed E-state index contributed by atoms with van der Waals surface area (Å²) in [6, 6.07) is 22.0. The Hall–Kier alpha value is -5.44. The van der Waals surface area contributed by atoms with Gasteiger partial charge < -0.3 is 18.0 Å². The lowest BCUT2D eigenvalue weighted by Gasteiger charge is -2.03. The van der Waals surface area contributed by atoms with Crippen molar-refractivity contribution in [1.29, 1.82) is 21.0 Å². The summed E-state index contributed by atoms with van der Waals surface area (Å²) >= 11 is 0. The third kappa shape index (κ3) is 3.92. The second-order valence-electron chi connectivity index (χ2n) is 7.30. The molecule has 0 aliphatic rings. The SMILES string of the molecule is Cn1c(C=C(C#N)C#N)ccc1-c1ccc(-c2ccc(-c3ccc(C=C(C#N)C#N)n3C)o2)o1. The van der Waals surface area contributed by atoms with E-state index in [0.29, 0.717) is 34.4 Å². The quantitative estimate of drug-likeness (QED) is 0.378. The van der Waals surface area contributed by atoms with Crippen LogP contribution in [0.25, 0.3) is 46.6 Å². The van der Waals surface area contributed by atoms with Crippen LogP contribution in [0.15, 0.2) is 68.5 Å². The van der Waals surface area contributed by atoms with Crippen molar-refractivity contribution in [2.24, 2.45) is 14.1 Å². The first kappa shape index (κ1) is 21.8. The zero-order valence-electron chi connectivity index (χ0n) is 18.3. The lowest BCUT2D eigenvalue weighted by Crippen LogP contribution is -1.93. The fourth-order valence-corrected chi connectivity index (χ4v) is 3.53. The molecule has 4 heterocycles. The standard InChI is InChI=1S/C26H16N6O2/c1-31-19(11-17(13-27)14-28)3-5-21(31)23-7-9-25(33-23)26-10-8-24(34-26)22-6-4-20(32(22)2)12-18(15-29)16-30/h3-12H,1-2H3. The maximum Gasteiger partial charge on any atom is 0.170 e. The van der Waals surface area contributed by atoms with Gasteiger partial charge in [0.1, 0.15) is 35.4 Å². The van der Waals surface area contributed by atoms with Crippen molar-refractivity contribution >= 4 is 12.2 Å². The Labute approximate surface area is 195 Å². The normalized spacial score (nSPS) is 9.94.